The predicted molar refractivity (Wildman–Crippen MR) is 94.7 cm³/mol. The standard InChI is InChI=1S/C19H20ClNO3/c20-15-9-7-14(8-10-15)12-19(22)21-17-5-1-2-6-18(17)24-13-16-4-3-11-23-16/h1-2,5-10,16H,3-4,11-13H2,(H,21,22). The molecule has 1 aliphatic heterocycles. The zero-order chi connectivity index (χ0) is 16.8. The van der Waals surface area contributed by atoms with Gasteiger partial charge in [-0.05, 0) is 42.7 Å². The number of halogens is 1. The van der Waals surface area contributed by atoms with Gasteiger partial charge in [0.25, 0.3) is 0 Å². The molecular formula is C19H20ClNO3. The summed E-state index contributed by atoms with van der Waals surface area (Å²) in [7, 11) is 0. The van der Waals surface area contributed by atoms with Crippen LogP contribution in [0.2, 0.25) is 5.02 Å². The molecule has 1 aliphatic rings. The Morgan fingerprint density at radius 3 is 2.75 bits per heavy atom. The van der Waals surface area contributed by atoms with Crippen LogP contribution in [0, 0.1) is 0 Å². The largest absolute Gasteiger partial charge is 0.489 e. The van der Waals surface area contributed by atoms with E-state index < -0.39 is 0 Å². The fourth-order valence-corrected chi connectivity index (χ4v) is 2.76. The van der Waals surface area contributed by atoms with Gasteiger partial charge in [0.05, 0.1) is 18.2 Å². The zero-order valence-corrected chi connectivity index (χ0v) is 14.1. The number of nitrogens with one attached hydrogen (secondary N) is 1. The lowest BCUT2D eigenvalue weighted by Crippen LogP contribution is -2.18. The van der Waals surface area contributed by atoms with Crippen LogP contribution in [0.1, 0.15) is 18.4 Å². The SMILES string of the molecule is O=C(Cc1ccc(Cl)cc1)Nc1ccccc1OCC1CCCO1. The summed E-state index contributed by atoms with van der Waals surface area (Å²) in [6, 6.07) is 14.7. The average Bonchev–Trinajstić information content (AvgIpc) is 3.10. The van der Waals surface area contributed by atoms with Crippen LogP contribution in [0.3, 0.4) is 0 Å². The summed E-state index contributed by atoms with van der Waals surface area (Å²) < 4.78 is 11.4. The quantitative estimate of drug-likeness (QED) is 0.858. The lowest BCUT2D eigenvalue weighted by molar-refractivity contribution is -0.115. The highest BCUT2D eigenvalue weighted by Crippen LogP contribution is 2.25. The van der Waals surface area contributed by atoms with E-state index in [-0.39, 0.29) is 18.4 Å². The van der Waals surface area contributed by atoms with E-state index >= 15 is 0 Å². The van der Waals surface area contributed by atoms with Crippen LogP contribution in [0.5, 0.6) is 5.75 Å². The van der Waals surface area contributed by atoms with Crippen molar-refractivity contribution in [3.63, 3.8) is 0 Å². The summed E-state index contributed by atoms with van der Waals surface area (Å²) in [6.07, 6.45) is 2.53. The third-order valence-electron chi connectivity index (χ3n) is 3.89. The molecule has 0 saturated carbocycles. The van der Waals surface area contributed by atoms with Gasteiger partial charge in [0.15, 0.2) is 0 Å². The molecule has 1 fully saturated rings. The van der Waals surface area contributed by atoms with Crippen LogP contribution in [0.15, 0.2) is 48.5 Å². The summed E-state index contributed by atoms with van der Waals surface area (Å²) in [5.41, 5.74) is 1.59. The second-order valence-corrected chi connectivity index (χ2v) is 6.23. The molecule has 1 unspecified atom stereocenters. The molecule has 0 aliphatic carbocycles. The predicted octanol–water partition coefficient (Wildman–Crippen LogP) is 4.08. The van der Waals surface area contributed by atoms with Crippen LogP contribution >= 0.6 is 11.6 Å². The van der Waals surface area contributed by atoms with Gasteiger partial charge in [-0.1, -0.05) is 35.9 Å². The first-order valence-electron chi connectivity index (χ1n) is 8.08. The number of benzene rings is 2. The number of amides is 1. The average molecular weight is 346 g/mol. The second kappa shape index (κ2) is 8.18. The van der Waals surface area contributed by atoms with Gasteiger partial charge in [0, 0.05) is 11.6 Å². The molecule has 1 N–H and O–H groups in total. The Balaban J connectivity index is 1.59. The molecule has 0 radical (unpaired) electrons. The molecule has 24 heavy (non-hydrogen) atoms. The van der Waals surface area contributed by atoms with Crippen molar-refractivity contribution < 1.29 is 14.3 Å². The highest BCUT2D eigenvalue weighted by Gasteiger charge is 2.17. The maximum atomic E-state index is 12.3. The maximum Gasteiger partial charge on any atom is 0.228 e. The number of carbonyl (C=O) groups is 1. The number of carbonyl (C=O) groups excluding carboxylic acids is 1. The first-order valence-corrected chi connectivity index (χ1v) is 8.46. The van der Waals surface area contributed by atoms with Gasteiger partial charge in [-0.15, -0.1) is 0 Å². The van der Waals surface area contributed by atoms with Gasteiger partial charge in [0.2, 0.25) is 5.91 Å². The topological polar surface area (TPSA) is 47.6 Å². The van der Waals surface area contributed by atoms with E-state index in [1.54, 1.807) is 12.1 Å². The van der Waals surface area contributed by atoms with Crippen LogP contribution in [-0.2, 0) is 16.0 Å². The van der Waals surface area contributed by atoms with E-state index in [9.17, 15) is 4.79 Å². The lowest BCUT2D eigenvalue weighted by Gasteiger charge is -2.15. The van der Waals surface area contributed by atoms with Gasteiger partial charge in [-0.2, -0.15) is 0 Å². The number of anilines is 1. The summed E-state index contributed by atoms with van der Waals surface area (Å²) in [5.74, 6) is 0.572. The Morgan fingerprint density at radius 1 is 1.21 bits per heavy atom. The molecule has 1 heterocycles. The molecule has 1 saturated heterocycles. The molecule has 1 atom stereocenters. The van der Waals surface area contributed by atoms with Crippen molar-refractivity contribution >= 4 is 23.2 Å². The highest BCUT2D eigenvalue weighted by atomic mass is 35.5. The van der Waals surface area contributed by atoms with Crippen LogP contribution < -0.4 is 10.1 Å². The summed E-state index contributed by atoms with van der Waals surface area (Å²) in [6.45, 7) is 1.30. The third-order valence-corrected chi connectivity index (χ3v) is 4.14. The Labute approximate surface area is 146 Å². The number of ether oxygens (including phenoxy) is 2. The third kappa shape index (κ3) is 4.73. The minimum atomic E-state index is -0.0921. The Morgan fingerprint density at radius 2 is 2.00 bits per heavy atom. The minimum absolute atomic E-state index is 0.0921. The van der Waals surface area contributed by atoms with Gasteiger partial charge >= 0.3 is 0 Å². The van der Waals surface area contributed by atoms with Crippen molar-refractivity contribution in [2.75, 3.05) is 18.5 Å². The van der Waals surface area contributed by atoms with Crippen molar-refractivity contribution in [2.45, 2.75) is 25.4 Å². The first-order chi connectivity index (χ1) is 11.7. The molecule has 4 nitrogen and oxygen atoms in total. The van der Waals surface area contributed by atoms with Crippen LogP contribution in [-0.4, -0.2) is 25.2 Å². The van der Waals surface area contributed by atoms with E-state index in [1.165, 1.54) is 0 Å². The lowest BCUT2D eigenvalue weighted by atomic mass is 10.1. The van der Waals surface area contributed by atoms with Gasteiger partial charge < -0.3 is 14.8 Å². The second-order valence-electron chi connectivity index (χ2n) is 5.79. The summed E-state index contributed by atoms with van der Waals surface area (Å²) in [4.78, 5) is 12.3. The molecule has 2 aromatic rings. The van der Waals surface area contributed by atoms with Gasteiger partial charge in [-0.25, -0.2) is 0 Å². The fraction of sp³-hybridized carbons (Fsp3) is 0.316. The summed E-state index contributed by atoms with van der Waals surface area (Å²) in [5, 5.41) is 3.57. The van der Waals surface area contributed by atoms with Gasteiger partial charge in [0.1, 0.15) is 12.4 Å². The molecule has 1 amide bonds. The normalized spacial score (nSPS) is 16.8. The maximum absolute atomic E-state index is 12.3. The van der Waals surface area contributed by atoms with Crippen LogP contribution in [0.25, 0.3) is 0 Å². The Hall–Kier alpha value is -2.04. The molecule has 2 aromatic carbocycles. The van der Waals surface area contributed by atoms with E-state index in [2.05, 4.69) is 5.32 Å². The van der Waals surface area contributed by atoms with E-state index in [4.69, 9.17) is 21.1 Å². The molecule has 126 valence electrons. The zero-order valence-electron chi connectivity index (χ0n) is 13.3. The Bertz CT molecular complexity index is 681. The number of hydrogen-bond acceptors (Lipinski definition) is 3. The molecule has 0 bridgehead atoms. The smallest absolute Gasteiger partial charge is 0.228 e. The first kappa shape index (κ1) is 16.8. The number of para-hydroxylation sites is 2. The molecular weight excluding hydrogens is 326 g/mol. The Kier molecular flexibility index (Phi) is 5.72. The van der Waals surface area contributed by atoms with E-state index in [0.29, 0.717) is 23.1 Å². The molecule has 0 aromatic heterocycles. The number of rotatable bonds is 6. The van der Waals surface area contributed by atoms with E-state index in [0.717, 1.165) is 25.0 Å². The van der Waals surface area contributed by atoms with Crippen molar-refractivity contribution in [3.05, 3.63) is 59.1 Å². The molecule has 3 rings (SSSR count). The minimum Gasteiger partial charge on any atom is -0.489 e. The summed E-state index contributed by atoms with van der Waals surface area (Å²) >= 11 is 5.86. The highest BCUT2D eigenvalue weighted by molar-refractivity contribution is 6.30. The van der Waals surface area contributed by atoms with Crippen molar-refractivity contribution in [1.82, 2.24) is 0 Å². The number of hydrogen-bond donors (Lipinski definition) is 1. The molecule has 0 spiro atoms. The van der Waals surface area contributed by atoms with Gasteiger partial charge in [-0.3, -0.25) is 4.79 Å². The van der Waals surface area contributed by atoms with Crippen molar-refractivity contribution in [1.29, 1.82) is 0 Å². The molecule has 5 heteroatoms. The van der Waals surface area contributed by atoms with Crippen molar-refractivity contribution in [2.24, 2.45) is 0 Å². The van der Waals surface area contributed by atoms with Crippen molar-refractivity contribution in [3.8, 4) is 5.75 Å². The monoisotopic (exact) mass is 345 g/mol. The van der Waals surface area contributed by atoms with E-state index in [1.807, 2.05) is 36.4 Å². The fourth-order valence-electron chi connectivity index (χ4n) is 2.64. The van der Waals surface area contributed by atoms with Crippen LogP contribution in [0.4, 0.5) is 5.69 Å².